The first-order chi connectivity index (χ1) is 13.8. The van der Waals surface area contributed by atoms with E-state index in [1.54, 1.807) is 0 Å². The van der Waals surface area contributed by atoms with Crippen LogP contribution in [-0.2, 0) is 0 Å². The van der Waals surface area contributed by atoms with E-state index >= 15 is 0 Å². The van der Waals surface area contributed by atoms with Crippen LogP contribution in [0.1, 0.15) is 0 Å². The Morgan fingerprint density at radius 3 is 1.71 bits per heavy atom. The van der Waals surface area contributed by atoms with Crippen molar-refractivity contribution in [3.8, 4) is 11.1 Å². The molecular weight excluding hydrogens is 424 g/mol. The van der Waals surface area contributed by atoms with E-state index in [1.807, 2.05) is 11.3 Å². The summed E-state index contributed by atoms with van der Waals surface area (Å²) >= 11 is 5.72. The Kier molecular flexibility index (Phi) is 3.59. The highest BCUT2D eigenvalue weighted by Gasteiger charge is 2.14. The molecule has 28 heavy (non-hydrogen) atoms. The summed E-state index contributed by atoms with van der Waals surface area (Å²) in [6.07, 6.45) is 0. The van der Waals surface area contributed by atoms with Crippen LogP contribution in [0.25, 0.3) is 52.8 Å². The van der Waals surface area contributed by atoms with E-state index in [9.17, 15) is 0 Å². The predicted molar refractivity (Wildman–Crippen MR) is 127 cm³/mol. The van der Waals surface area contributed by atoms with Crippen LogP contribution in [0.15, 0.2) is 95.5 Å². The Morgan fingerprint density at radius 2 is 1.04 bits per heavy atom. The molecule has 132 valence electrons. The van der Waals surface area contributed by atoms with Crippen molar-refractivity contribution in [2.75, 3.05) is 0 Å². The monoisotopic (exact) mass is 438 g/mol. The highest BCUT2D eigenvalue weighted by molar-refractivity contribution is 9.10. The maximum absolute atomic E-state index is 3.86. The first kappa shape index (κ1) is 16.3. The molecule has 2 heteroatoms. The molecule has 5 aromatic carbocycles. The average Bonchev–Trinajstić information content (AvgIpc) is 3.12. The normalized spacial score (nSPS) is 11.8. The fourth-order valence-corrected chi connectivity index (χ4v) is 6.05. The van der Waals surface area contributed by atoms with Crippen LogP contribution < -0.4 is 0 Å². The van der Waals surface area contributed by atoms with Gasteiger partial charge in [-0.15, -0.1) is 11.3 Å². The van der Waals surface area contributed by atoms with Gasteiger partial charge in [-0.25, -0.2) is 0 Å². The van der Waals surface area contributed by atoms with Crippen LogP contribution in [0.2, 0.25) is 0 Å². The van der Waals surface area contributed by atoms with Crippen molar-refractivity contribution >= 4 is 69.0 Å². The van der Waals surface area contributed by atoms with Crippen molar-refractivity contribution in [2.45, 2.75) is 0 Å². The van der Waals surface area contributed by atoms with Crippen molar-refractivity contribution < 1.29 is 0 Å². The minimum Gasteiger partial charge on any atom is -0.135 e. The number of benzene rings is 5. The second-order valence-corrected chi connectivity index (χ2v) is 8.97. The molecule has 6 rings (SSSR count). The summed E-state index contributed by atoms with van der Waals surface area (Å²) in [6.45, 7) is 0. The van der Waals surface area contributed by atoms with E-state index < -0.39 is 0 Å². The number of hydrogen-bond donors (Lipinski definition) is 0. The van der Waals surface area contributed by atoms with Crippen LogP contribution in [0.4, 0.5) is 0 Å². The second kappa shape index (κ2) is 6.16. The van der Waals surface area contributed by atoms with Crippen molar-refractivity contribution in [1.82, 2.24) is 0 Å². The van der Waals surface area contributed by atoms with E-state index in [0.717, 1.165) is 0 Å². The minimum absolute atomic E-state index is 1.17. The fourth-order valence-electron chi connectivity index (χ4n) is 4.27. The molecule has 0 radical (unpaired) electrons. The summed E-state index contributed by atoms with van der Waals surface area (Å²) in [4.78, 5) is 0. The Labute approximate surface area is 175 Å². The highest BCUT2D eigenvalue weighted by Crippen LogP contribution is 2.43. The Balaban J connectivity index is 1.79. The zero-order valence-electron chi connectivity index (χ0n) is 14.9. The standard InChI is InChI=1S/C26H15BrS/c27-26-20-10-3-1-8-18(20)25(19-9-2-4-11-21(19)26)16-13-14-24-22(15-16)17-7-5-6-12-23(17)28-24/h1-15H. The molecule has 0 N–H and O–H groups in total. The zero-order valence-corrected chi connectivity index (χ0v) is 17.3. The van der Waals surface area contributed by atoms with Gasteiger partial charge in [0, 0.05) is 24.6 Å². The third-order valence-corrected chi connectivity index (χ3v) is 7.54. The molecular formula is C26H15BrS. The van der Waals surface area contributed by atoms with Crippen molar-refractivity contribution in [1.29, 1.82) is 0 Å². The molecule has 0 nitrogen and oxygen atoms in total. The third-order valence-electron chi connectivity index (χ3n) is 5.53. The Bertz CT molecular complexity index is 1470. The highest BCUT2D eigenvalue weighted by atomic mass is 79.9. The lowest BCUT2D eigenvalue weighted by Crippen LogP contribution is -1.87. The van der Waals surface area contributed by atoms with Crippen LogP contribution in [0.5, 0.6) is 0 Å². The van der Waals surface area contributed by atoms with E-state index in [2.05, 4.69) is 107 Å². The molecule has 0 fully saturated rings. The van der Waals surface area contributed by atoms with Gasteiger partial charge in [-0.05, 0) is 66.8 Å². The molecule has 0 unspecified atom stereocenters. The summed E-state index contributed by atoms with van der Waals surface area (Å²) in [5.74, 6) is 0. The van der Waals surface area contributed by atoms with Gasteiger partial charge in [-0.3, -0.25) is 0 Å². The maximum Gasteiger partial charge on any atom is 0.0355 e. The van der Waals surface area contributed by atoms with Crippen molar-refractivity contribution in [2.24, 2.45) is 0 Å². The van der Waals surface area contributed by atoms with Gasteiger partial charge < -0.3 is 0 Å². The van der Waals surface area contributed by atoms with Crippen molar-refractivity contribution in [3.63, 3.8) is 0 Å². The molecule has 0 bridgehead atoms. The first-order valence-corrected chi connectivity index (χ1v) is 10.9. The van der Waals surface area contributed by atoms with E-state index in [4.69, 9.17) is 0 Å². The summed E-state index contributed by atoms with van der Waals surface area (Å²) in [7, 11) is 0. The van der Waals surface area contributed by atoms with E-state index in [-0.39, 0.29) is 0 Å². The average molecular weight is 439 g/mol. The zero-order chi connectivity index (χ0) is 18.7. The molecule has 6 aromatic rings. The lowest BCUT2D eigenvalue weighted by molar-refractivity contribution is 1.71. The maximum atomic E-state index is 3.86. The third kappa shape index (κ3) is 2.28. The van der Waals surface area contributed by atoms with E-state index in [1.165, 1.54) is 57.3 Å². The Morgan fingerprint density at radius 1 is 0.500 bits per heavy atom. The van der Waals surface area contributed by atoms with Gasteiger partial charge in [-0.2, -0.15) is 0 Å². The summed E-state index contributed by atoms with van der Waals surface area (Å²) < 4.78 is 3.86. The van der Waals surface area contributed by atoms with Crippen LogP contribution in [-0.4, -0.2) is 0 Å². The summed E-state index contributed by atoms with van der Waals surface area (Å²) in [6, 6.07) is 33.0. The van der Waals surface area contributed by atoms with Gasteiger partial charge in [0.15, 0.2) is 0 Å². The minimum atomic E-state index is 1.17. The van der Waals surface area contributed by atoms with Gasteiger partial charge >= 0.3 is 0 Å². The summed E-state index contributed by atoms with van der Waals surface area (Å²) in [5, 5.41) is 7.76. The lowest BCUT2D eigenvalue weighted by Gasteiger charge is -2.14. The van der Waals surface area contributed by atoms with Gasteiger partial charge in [0.1, 0.15) is 0 Å². The molecule has 0 aliphatic carbocycles. The molecule has 1 aromatic heterocycles. The van der Waals surface area contributed by atoms with Crippen molar-refractivity contribution in [3.05, 3.63) is 95.5 Å². The molecule has 0 atom stereocenters. The number of halogens is 1. The fraction of sp³-hybridized carbons (Fsp3) is 0. The number of rotatable bonds is 1. The van der Waals surface area contributed by atoms with Gasteiger partial charge in [0.25, 0.3) is 0 Å². The molecule has 0 aliphatic heterocycles. The smallest absolute Gasteiger partial charge is 0.0355 e. The molecule has 0 aliphatic rings. The number of hydrogen-bond acceptors (Lipinski definition) is 1. The van der Waals surface area contributed by atoms with Crippen LogP contribution in [0.3, 0.4) is 0 Å². The largest absolute Gasteiger partial charge is 0.135 e. The van der Waals surface area contributed by atoms with Gasteiger partial charge in [-0.1, -0.05) is 72.8 Å². The molecule has 0 amide bonds. The molecule has 0 saturated heterocycles. The second-order valence-electron chi connectivity index (χ2n) is 7.09. The topological polar surface area (TPSA) is 0 Å². The first-order valence-electron chi connectivity index (χ1n) is 9.32. The van der Waals surface area contributed by atoms with Gasteiger partial charge in [0.2, 0.25) is 0 Å². The lowest BCUT2D eigenvalue weighted by atomic mass is 9.91. The van der Waals surface area contributed by atoms with Crippen LogP contribution >= 0.6 is 27.3 Å². The van der Waals surface area contributed by atoms with E-state index in [0.29, 0.717) is 0 Å². The Hall–Kier alpha value is -2.68. The molecule has 0 saturated carbocycles. The SMILES string of the molecule is Brc1c2ccccc2c(-c2ccc3sc4ccccc4c3c2)c2ccccc12. The molecule has 1 heterocycles. The summed E-state index contributed by atoms with van der Waals surface area (Å²) in [5.41, 5.74) is 2.59. The molecule has 0 spiro atoms. The van der Waals surface area contributed by atoms with Gasteiger partial charge in [0.05, 0.1) is 0 Å². The van der Waals surface area contributed by atoms with Crippen LogP contribution in [0, 0.1) is 0 Å². The quantitative estimate of drug-likeness (QED) is 0.225. The number of fused-ring (bicyclic) bond motifs is 5. The predicted octanol–water partition coefficient (Wildman–Crippen LogP) is 8.79. The number of thiophene rings is 1.